The standard InChI is InChI=1S/C16H24N2O3/c1-20-11-12-21-13-14-7-9-18(10-8-14)16(19)17-15-5-3-2-4-6-15/h2-6,14H,7-13H2,1H3,(H,17,19). The number of hydrogen-bond donors (Lipinski definition) is 1. The predicted molar refractivity (Wildman–Crippen MR) is 82.5 cm³/mol. The Balaban J connectivity index is 1.67. The van der Waals surface area contributed by atoms with Crippen molar-refractivity contribution in [3.8, 4) is 0 Å². The second-order valence-corrected chi connectivity index (χ2v) is 5.29. The zero-order chi connectivity index (χ0) is 14.9. The Hall–Kier alpha value is -1.59. The fraction of sp³-hybridized carbons (Fsp3) is 0.562. The quantitative estimate of drug-likeness (QED) is 0.820. The van der Waals surface area contributed by atoms with Crippen LogP contribution in [-0.4, -0.2) is 51.0 Å². The molecule has 1 heterocycles. The SMILES string of the molecule is COCCOCC1CCN(C(=O)Nc2ccccc2)CC1. The smallest absolute Gasteiger partial charge is 0.321 e. The first-order valence-electron chi connectivity index (χ1n) is 7.47. The summed E-state index contributed by atoms with van der Waals surface area (Å²) in [7, 11) is 1.67. The monoisotopic (exact) mass is 292 g/mol. The lowest BCUT2D eigenvalue weighted by Gasteiger charge is -2.31. The van der Waals surface area contributed by atoms with Crippen LogP contribution in [0.4, 0.5) is 10.5 Å². The molecule has 5 heteroatoms. The van der Waals surface area contributed by atoms with E-state index in [1.165, 1.54) is 0 Å². The van der Waals surface area contributed by atoms with Gasteiger partial charge in [0.2, 0.25) is 0 Å². The van der Waals surface area contributed by atoms with Crippen LogP contribution in [0.2, 0.25) is 0 Å². The van der Waals surface area contributed by atoms with Crippen molar-refractivity contribution >= 4 is 11.7 Å². The number of anilines is 1. The van der Waals surface area contributed by atoms with E-state index in [9.17, 15) is 4.79 Å². The number of rotatable bonds is 6. The molecule has 2 rings (SSSR count). The van der Waals surface area contributed by atoms with Crippen LogP contribution in [0.5, 0.6) is 0 Å². The summed E-state index contributed by atoms with van der Waals surface area (Å²) in [6.07, 6.45) is 1.99. The van der Waals surface area contributed by atoms with Crippen LogP contribution in [0.25, 0.3) is 0 Å². The molecule has 116 valence electrons. The average Bonchev–Trinajstić information content (AvgIpc) is 2.53. The minimum absolute atomic E-state index is 0.0139. The van der Waals surface area contributed by atoms with Crippen LogP contribution >= 0.6 is 0 Å². The van der Waals surface area contributed by atoms with Gasteiger partial charge in [-0.05, 0) is 30.9 Å². The number of nitrogens with zero attached hydrogens (tertiary/aromatic N) is 1. The van der Waals surface area contributed by atoms with Crippen molar-refractivity contribution in [2.75, 3.05) is 45.3 Å². The molecule has 21 heavy (non-hydrogen) atoms. The van der Waals surface area contributed by atoms with Crippen molar-refractivity contribution in [2.24, 2.45) is 5.92 Å². The molecule has 1 aliphatic heterocycles. The number of para-hydroxylation sites is 1. The van der Waals surface area contributed by atoms with E-state index in [0.29, 0.717) is 19.1 Å². The topological polar surface area (TPSA) is 50.8 Å². The number of methoxy groups -OCH3 is 1. The van der Waals surface area contributed by atoms with E-state index < -0.39 is 0 Å². The molecule has 0 saturated carbocycles. The first kappa shape index (κ1) is 15.8. The molecular formula is C16H24N2O3. The predicted octanol–water partition coefficient (Wildman–Crippen LogP) is 2.59. The van der Waals surface area contributed by atoms with Gasteiger partial charge in [-0.3, -0.25) is 0 Å². The van der Waals surface area contributed by atoms with Crippen molar-refractivity contribution < 1.29 is 14.3 Å². The molecule has 0 atom stereocenters. The van der Waals surface area contributed by atoms with Gasteiger partial charge >= 0.3 is 6.03 Å². The van der Waals surface area contributed by atoms with Crippen LogP contribution in [0.3, 0.4) is 0 Å². The highest BCUT2D eigenvalue weighted by molar-refractivity contribution is 5.89. The molecule has 0 aliphatic carbocycles. The summed E-state index contributed by atoms with van der Waals surface area (Å²) >= 11 is 0. The molecule has 0 unspecified atom stereocenters. The summed E-state index contributed by atoms with van der Waals surface area (Å²) < 4.78 is 10.5. The zero-order valence-corrected chi connectivity index (χ0v) is 12.6. The Labute approximate surface area is 126 Å². The Kier molecular flexibility index (Phi) is 6.50. The van der Waals surface area contributed by atoms with Gasteiger partial charge in [0, 0.05) is 32.5 Å². The van der Waals surface area contributed by atoms with Gasteiger partial charge in [0.1, 0.15) is 0 Å². The van der Waals surface area contributed by atoms with Crippen molar-refractivity contribution in [3.05, 3.63) is 30.3 Å². The number of hydrogen-bond acceptors (Lipinski definition) is 3. The second-order valence-electron chi connectivity index (χ2n) is 5.29. The van der Waals surface area contributed by atoms with Gasteiger partial charge in [-0.2, -0.15) is 0 Å². The van der Waals surface area contributed by atoms with E-state index in [2.05, 4.69) is 5.32 Å². The molecule has 2 amide bonds. The third kappa shape index (κ3) is 5.36. The maximum atomic E-state index is 12.1. The van der Waals surface area contributed by atoms with E-state index in [0.717, 1.165) is 38.2 Å². The molecule has 0 spiro atoms. The number of carbonyl (C=O) groups is 1. The van der Waals surface area contributed by atoms with Crippen molar-refractivity contribution in [3.63, 3.8) is 0 Å². The van der Waals surface area contributed by atoms with Crippen molar-refractivity contribution in [2.45, 2.75) is 12.8 Å². The highest BCUT2D eigenvalue weighted by Gasteiger charge is 2.22. The summed E-state index contributed by atoms with van der Waals surface area (Å²) in [5.41, 5.74) is 0.840. The van der Waals surface area contributed by atoms with Gasteiger partial charge in [-0.25, -0.2) is 4.79 Å². The number of ether oxygens (including phenoxy) is 2. The van der Waals surface area contributed by atoms with Gasteiger partial charge in [-0.15, -0.1) is 0 Å². The van der Waals surface area contributed by atoms with Crippen LogP contribution in [0.15, 0.2) is 30.3 Å². The molecule has 1 aromatic carbocycles. The molecule has 0 radical (unpaired) electrons. The van der Waals surface area contributed by atoms with Gasteiger partial charge in [0.05, 0.1) is 13.2 Å². The lowest BCUT2D eigenvalue weighted by atomic mass is 9.98. The van der Waals surface area contributed by atoms with Gasteiger partial charge in [0.25, 0.3) is 0 Å². The molecular weight excluding hydrogens is 268 g/mol. The minimum atomic E-state index is -0.0139. The molecule has 1 fully saturated rings. The molecule has 5 nitrogen and oxygen atoms in total. The first-order valence-corrected chi connectivity index (χ1v) is 7.47. The largest absolute Gasteiger partial charge is 0.382 e. The molecule has 1 saturated heterocycles. The van der Waals surface area contributed by atoms with Crippen molar-refractivity contribution in [1.29, 1.82) is 0 Å². The molecule has 1 aliphatic rings. The molecule has 1 aromatic rings. The maximum absolute atomic E-state index is 12.1. The molecule has 1 N–H and O–H groups in total. The summed E-state index contributed by atoms with van der Waals surface area (Å²) in [5, 5.41) is 2.93. The van der Waals surface area contributed by atoms with E-state index in [1.54, 1.807) is 7.11 Å². The highest BCUT2D eigenvalue weighted by atomic mass is 16.5. The van der Waals surface area contributed by atoms with E-state index in [4.69, 9.17) is 9.47 Å². The van der Waals surface area contributed by atoms with Crippen LogP contribution in [-0.2, 0) is 9.47 Å². The number of carbonyl (C=O) groups excluding carboxylic acids is 1. The Morgan fingerprint density at radius 3 is 2.62 bits per heavy atom. The highest BCUT2D eigenvalue weighted by Crippen LogP contribution is 2.18. The first-order chi connectivity index (χ1) is 10.3. The lowest BCUT2D eigenvalue weighted by molar-refractivity contribution is 0.0386. The third-order valence-corrected chi connectivity index (χ3v) is 3.71. The van der Waals surface area contributed by atoms with E-state index >= 15 is 0 Å². The minimum Gasteiger partial charge on any atom is -0.382 e. The van der Waals surface area contributed by atoms with Crippen LogP contribution < -0.4 is 5.32 Å². The normalized spacial score (nSPS) is 16.0. The number of benzene rings is 1. The number of likely N-dealkylation sites (tertiary alicyclic amines) is 1. The fourth-order valence-electron chi connectivity index (χ4n) is 2.42. The average molecular weight is 292 g/mol. The van der Waals surface area contributed by atoms with Gasteiger partial charge in [0.15, 0.2) is 0 Å². The summed E-state index contributed by atoms with van der Waals surface area (Å²) in [6.45, 7) is 3.62. The van der Waals surface area contributed by atoms with Crippen LogP contribution in [0, 0.1) is 5.92 Å². The van der Waals surface area contributed by atoms with Crippen LogP contribution in [0.1, 0.15) is 12.8 Å². The van der Waals surface area contributed by atoms with Gasteiger partial charge < -0.3 is 19.7 Å². The fourth-order valence-corrected chi connectivity index (χ4v) is 2.42. The zero-order valence-electron chi connectivity index (χ0n) is 12.6. The second kappa shape index (κ2) is 8.64. The number of piperidine rings is 1. The van der Waals surface area contributed by atoms with E-state index in [1.807, 2.05) is 35.2 Å². The Morgan fingerprint density at radius 1 is 1.24 bits per heavy atom. The molecule has 0 aromatic heterocycles. The van der Waals surface area contributed by atoms with E-state index in [-0.39, 0.29) is 6.03 Å². The number of amides is 2. The summed E-state index contributed by atoms with van der Waals surface area (Å²) in [5.74, 6) is 0.544. The third-order valence-electron chi connectivity index (χ3n) is 3.71. The van der Waals surface area contributed by atoms with Gasteiger partial charge in [-0.1, -0.05) is 18.2 Å². The summed E-state index contributed by atoms with van der Waals surface area (Å²) in [6, 6.07) is 9.55. The lowest BCUT2D eigenvalue weighted by Crippen LogP contribution is -2.41. The van der Waals surface area contributed by atoms with Crippen molar-refractivity contribution in [1.82, 2.24) is 4.90 Å². The Bertz CT molecular complexity index is 417. The Morgan fingerprint density at radius 2 is 1.95 bits per heavy atom. The summed E-state index contributed by atoms with van der Waals surface area (Å²) in [4.78, 5) is 14.0. The molecule has 0 bridgehead atoms. The number of nitrogens with one attached hydrogen (secondary N) is 1. The number of urea groups is 1. The maximum Gasteiger partial charge on any atom is 0.321 e.